The standard InChI is InChI=1S/C21H18BrF2NOS/c22-13-5-6-18-17(9-13)21-19(3-1-4-20(21)26)25(18)7-2-8-27-16-11-14(23)10-15(24)12-16/h5-6,9-12H,1-4,7-8H2. The van der Waals surface area contributed by atoms with Crippen LogP contribution in [0.4, 0.5) is 8.78 Å². The average Bonchev–Trinajstić information content (AvgIpc) is 2.92. The Morgan fingerprint density at radius 3 is 2.63 bits per heavy atom. The van der Waals surface area contributed by atoms with Gasteiger partial charge in [0.1, 0.15) is 11.6 Å². The number of halogens is 3. The molecule has 0 fully saturated rings. The molecule has 0 saturated heterocycles. The number of aryl methyl sites for hydroxylation is 1. The van der Waals surface area contributed by atoms with Gasteiger partial charge in [-0.3, -0.25) is 4.79 Å². The first kappa shape index (κ1) is 18.7. The summed E-state index contributed by atoms with van der Waals surface area (Å²) in [5.41, 5.74) is 3.08. The smallest absolute Gasteiger partial charge is 0.165 e. The quantitative estimate of drug-likeness (QED) is 0.332. The van der Waals surface area contributed by atoms with Crippen LogP contribution in [0.15, 0.2) is 45.8 Å². The molecule has 0 unspecified atom stereocenters. The van der Waals surface area contributed by atoms with Crippen molar-refractivity contribution in [2.75, 3.05) is 5.75 Å². The van der Waals surface area contributed by atoms with Crippen molar-refractivity contribution in [1.82, 2.24) is 4.57 Å². The highest BCUT2D eigenvalue weighted by atomic mass is 79.9. The van der Waals surface area contributed by atoms with E-state index in [1.165, 1.54) is 23.9 Å². The van der Waals surface area contributed by atoms with Crippen LogP contribution in [0.2, 0.25) is 0 Å². The topological polar surface area (TPSA) is 22.0 Å². The maximum Gasteiger partial charge on any atom is 0.165 e. The maximum atomic E-state index is 13.3. The summed E-state index contributed by atoms with van der Waals surface area (Å²) >= 11 is 4.95. The third-order valence-electron chi connectivity index (χ3n) is 4.86. The Hall–Kier alpha value is -1.66. The molecule has 1 aliphatic rings. The number of thioether (sulfide) groups is 1. The lowest BCUT2D eigenvalue weighted by Crippen LogP contribution is -2.13. The van der Waals surface area contributed by atoms with Crippen molar-refractivity contribution in [2.24, 2.45) is 0 Å². The Balaban J connectivity index is 1.54. The van der Waals surface area contributed by atoms with Crippen LogP contribution < -0.4 is 0 Å². The number of benzene rings is 2. The van der Waals surface area contributed by atoms with Crippen LogP contribution in [0.5, 0.6) is 0 Å². The summed E-state index contributed by atoms with van der Waals surface area (Å²) in [5, 5.41) is 1.02. The second-order valence-corrected chi connectivity index (χ2v) is 8.80. The molecular weight excluding hydrogens is 432 g/mol. The van der Waals surface area contributed by atoms with Crippen LogP contribution in [0.3, 0.4) is 0 Å². The molecule has 2 nitrogen and oxygen atoms in total. The van der Waals surface area contributed by atoms with Gasteiger partial charge in [0.05, 0.1) is 0 Å². The predicted molar refractivity (Wildman–Crippen MR) is 109 cm³/mol. The zero-order valence-corrected chi connectivity index (χ0v) is 17.0. The first-order chi connectivity index (χ1) is 13.0. The molecule has 1 aliphatic carbocycles. The minimum absolute atomic E-state index is 0.225. The zero-order valence-electron chi connectivity index (χ0n) is 14.6. The highest BCUT2D eigenvalue weighted by Crippen LogP contribution is 2.34. The average molecular weight is 450 g/mol. The number of carbonyl (C=O) groups excluding carboxylic acids is 1. The number of hydrogen-bond donors (Lipinski definition) is 0. The Morgan fingerprint density at radius 1 is 1.07 bits per heavy atom. The molecule has 2 aromatic carbocycles. The molecule has 1 aromatic heterocycles. The van der Waals surface area contributed by atoms with Crippen LogP contribution in [-0.4, -0.2) is 16.1 Å². The van der Waals surface area contributed by atoms with Crippen molar-refractivity contribution >= 4 is 44.4 Å². The molecule has 0 bridgehead atoms. The Bertz CT molecular complexity index is 1010. The van der Waals surface area contributed by atoms with E-state index in [4.69, 9.17) is 0 Å². The van der Waals surface area contributed by atoms with Gasteiger partial charge in [-0.1, -0.05) is 15.9 Å². The predicted octanol–water partition coefficient (Wildman–Crippen LogP) is 6.38. The molecule has 0 radical (unpaired) electrons. The normalized spacial score (nSPS) is 14.0. The third kappa shape index (κ3) is 3.83. The summed E-state index contributed by atoms with van der Waals surface area (Å²) < 4.78 is 29.8. The van der Waals surface area contributed by atoms with Crippen LogP contribution in [0, 0.1) is 11.6 Å². The first-order valence-electron chi connectivity index (χ1n) is 8.95. The highest BCUT2D eigenvalue weighted by molar-refractivity contribution is 9.10. The minimum Gasteiger partial charge on any atom is -0.344 e. The molecule has 27 heavy (non-hydrogen) atoms. The largest absolute Gasteiger partial charge is 0.344 e. The molecule has 3 aromatic rings. The summed E-state index contributed by atoms with van der Waals surface area (Å²) in [7, 11) is 0. The van der Waals surface area contributed by atoms with Gasteiger partial charge in [0.15, 0.2) is 5.78 Å². The van der Waals surface area contributed by atoms with E-state index < -0.39 is 11.6 Å². The molecule has 0 N–H and O–H groups in total. The summed E-state index contributed by atoms with van der Waals surface area (Å²) in [6.45, 7) is 0.783. The van der Waals surface area contributed by atoms with Gasteiger partial charge in [-0.25, -0.2) is 8.78 Å². The van der Waals surface area contributed by atoms with Crippen molar-refractivity contribution in [3.05, 3.63) is 63.8 Å². The Morgan fingerprint density at radius 2 is 1.85 bits per heavy atom. The number of carbonyl (C=O) groups is 1. The summed E-state index contributed by atoms with van der Waals surface area (Å²) in [5.74, 6) is -0.121. The van der Waals surface area contributed by atoms with E-state index in [1.807, 2.05) is 12.1 Å². The highest BCUT2D eigenvalue weighted by Gasteiger charge is 2.25. The minimum atomic E-state index is -0.549. The third-order valence-corrected chi connectivity index (χ3v) is 6.42. The summed E-state index contributed by atoms with van der Waals surface area (Å²) in [4.78, 5) is 13.1. The van der Waals surface area contributed by atoms with Gasteiger partial charge in [0.2, 0.25) is 0 Å². The van der Waals surface area contributed by atoms with Crippen molar-refractivity contribution in [2.45, 2.75) is 37.1 Å². The SMILES string of the molecule is O=C1CCCc2c1c1cc(Br)ccc1n2CCCSc1cc(F)cc(F)c1. The van der Waals surface area contributed by atoms with Gasteiger partial charge in [-0.05, 0) is 55.3 Å². The molecule has 0 atom stereocenters. The zero-order chi connectivity index (χ0) is 19.0. The fourth-order valence-electron chi connectivity index (χ4n) is 3.77. The molecular formula is C21H18BrF2NOS. The van der Waals surface area contributed by atoms with E-state index >= 15 is 0 Å². The van der Waals surface area contributed by atoms with Crippen molar-refractivity contribution < 1.29 is 13.6 Å². The molecule has 0 saturated carbocycles. The van der Waals surface area contributed by atoms with Gasteiger partial charge >= 0.3 is 0 Å². The lowest BCUT2D eigenvalue weighted by atomic mass is 9.94. The molecule has 0 amide bonds. The van der Waals surface area contributed by atoms with Gasteiger partial charge in [-0.2, -0.15) is 0 Å². The summed E-state index contributed by atoms with van der Waals surface area (Å²) in [6, 6.07) is 9.68. The second kappa shape index (κ2) is 7.76. The molecule has 6 heteroatoms. The van der Waals surface area contributed by atoms with E-state index in [0.29, 0.717) is 11.3 Å². The number of Topliss-reactive ketones (excluding diaryl/α,β-unsaturated/α-hetero) is 1. The van der Waals surface area contributed by atoms with E-state index in [-0.39, 0.29) is 5.78 Å². The summed E-state index contributed by atoms with van der Waals surface area (Å²) in [6.07, 6.45) is 3.26. The maximum absolute atomic E-state index is 13.3. The van der Waals surface area contributed by atoms with E-state index in [2.05, 4.69) is 26.6 Å². The van der Waals surface area contributed by atoms with E-state index in [0.717, 1.165) is 64.3 Å². The van der Waals surface area contributed by atoms with Crippen LogP contribution in [0.1, 0.15) is 35.3 Å². The second-order valence-electron chi connectivity index (χ2n) is 6.72. The van der Waals surface area contributed by atoms with Crippen LogP contribution >= 0.6 is 27.7 Å². The molecule has 4 rings (SSSR count). The monoisotopic (exact) mass is 449 g/mol. The lowest BCUT2D eigenvalue weighted by Gasteiger charge is -2.15. The van der Waals surface area contributed by atoms with E-state index in [1.54, 1.807) is 0 Å². The lowest BCUT2D eigenvalue weighted by molar-refractivity contribution is 0.0973. The molecule has 0 aliphatic heterocycles. The molecule has 1 heterocycles. The Labute approximate surface area is 169 Å². The number of ketones is 1. The van der Waals surface area contributed by atoms with Crippen molar-refractivity contribution in [3.63, 3.8) is 0 Å². The van der Waals surface area contributed by atoms with Gasteiger partial charge in [-0.15, -0.1) is 11.8 Å². The first-order valence-corrected chi connectivity index (χ1v) is 10.7. The van der Waals surface area contributed by atoms with Gasteiger partial charge in [0.25, 0.3) is 0 Å². The van der Waals surface area contributed by atoms with Crippen LogP contribution in [-0.2, 0) is 13.0 Å². The van der Waals surface area contributed by atoms with Gasteiger partial charge in [0, 0.05) is 50.6 Å². The number of nitrogens with zero attached hydrogens (tertiary/aromatic N) is 1. The number of rotatable bonds is 5. The Kier molecular flexibility index (Phi) is 5.37. The fourth-order valence-corrected chi connectivity index (χ4v) is 5.03. The van der Waals surface area contributed by atoms with Gasteiger partial charge < -0.3 is 4.57 Å². The van der Waals surface area contributed by atoms with Crippen molar-refractivity contribution in [3.8, 4) is 0 Å². The molecule has 0 spiro atoms. The number of aromatic nitrogens is 1. The van der Waals surface area contributed by atoms with E-state index in [9.17, 15) is 13.6 Å². The number of fused-ring (bicyclic) bond motifs is 3. The molecule has 140 valence electrons. The fraction of sp³-hybridized carbons (Fsp3) is 0.286. The van der Waals surface area contributed by atoms with Crippen LogP contribution in [0.25, 0.3) is 10.9 Å². The number of hydrogen-bond acceptors (Lipinski definition) is 2. The van der Waals surface area contributed by atoms with Crippen molar-refractivity contribution in [1.29, 1.82) is 0 Å².